The number of hydrogen-bond donors (Lipinski definition) is 0. The summed E-state index contributed by atoms with van der Waals surface area (Å²) in [5.74, 6) is 3.04. The Labute approximate surface area is 175 Å². The van der Waals surface area contributed by atoms with Gasteiger partial charge in [0.1, 0.15) is 5.78 Å². The SMILES string of the molecule is CC(=O)[C@H]1CC[C@H]2[C@@H]3CCC4=CC(=O)C(c5ccccc5)C[C@]4(C)[C@H]3CC[C@]12C. The predicted octanol–water partition coefficient (Wildman–Crippen LogP) is 6.12. The lowest BCUT2D eigenvalue weighted by Crippen LogP contribution is -2.51. The Morgan fingerprint density at radius 2 is 1.76 bits per heavy atom. The van der Waals surface area contributed by atoms with E-state index in [0.29, 0.717) is 29.3 Å². The highest BCUT2D eigenvalue weighted by Gasteiger charge is 2.60. The molecule has 1 aromatic carbocycles. The molecule has 7 atom stereocenters. The number of allylic oxidation sites excluding steroid dienone is 1. The molecule has 29 heavy (non-hydrogen) atoms. The van der Waals surface area contributed by atoms with Crippen molar-refractivity contribution in [3.63, 3.8) is 0 Å². The van der Waals surface area contributed by atoms with Crippen molar-refractivity contribution in [2.75, 3.05) is 0 Å². The van der Waals surface area contributed by atoms with E-state index in [-0.39, 0.29) is 22.7 Å². The second-order valence-corrected chi connectivity index (χ2v) is 10.9. The zero-order valence-electron chi connectivity index (χ0n) is 18.1. The van der Waals surface area contributed by atoms with Gasteiger partial charge in [0.15, 0.2) is 5.78 Å². The Hall–Kier alpha value is -1.70. The van der Waals surface area contributed by atoms with Gasteiger partial charge in [-0.25, -0.2) is 0 Å². The average Bonchev–Trinajstić information content (AvgIpc) is 3.06. The lowest BCUT2D eigenvalue weighted by molar-refractivity contribution is -0.128. The Kier molecular flexibility index (Phi) is 4.42. The minimum Gasteiger partial charge on any atom is -0.300 e. The summed E-state index contributed by atoms with van der Waals surface area (Å²) in [5.41, 5.74) is 2.93. The van der Waals surface area contributed by atoms with Gasteiger partial charge in [-0.15, -0.1) is 0 Å². The highest BCUT2D eigenvalue weighted by atomic mass is 16.1. The van der Waals surface area contributed by atoms with E-state index in [1.54, 1.807) is 0 Å². The van der Waals surface area contributed by atoms with Gasteiger partial charge in [-0.05, 0) is 92.1 Å². The number of carbonyl (C=O) groups is 2. The highest BCUT2D eigenvalue weighted by molar-refractivity contribution is 5.97. The number of carbonyl (C=O) groups excluding carboxylic acids is 2. The smallest absolute Gasteiger partial charge is 0.163 e. The van der Waals surface area contributed by atoms with E-state index in [9.17, 15) is 9.59 Å². The molecule has 5 rings (SSSR count). The lowest BCUT2D eigenvalue weighted by atomic mass is 9.46. The van der Waals surface area contributed by atoms with Crippen molar-refractivity contribution in [2.24, 2.45) is 34.5 Å². The molecule has 0 spiro atoms. The van der Waals surface area contributed by atoms with Crippen LogP contribution >= 0.6 is 0 Å². The normalized spacial score (nSPS) is 43.8. The molecule has 2 heteroatoms. The van der Waals surface area contributed by atoms with Crippen LogP contribution in [0.25, 0.3) is 0 Å². The van der Waals surface area contributed by atoms with Crippen molar-refractivity contribution in [1.29, 1.82) is 0 Å². The van der Waals surface area contributed by atoms with Gasteiger partial charge in [-0.2, -0.15) is 0 Å². The molecular formula is C27H34O2. The van der Waals surface area contributed by atoms with Crippen LogP contribution in [0.15, 0.2) is 42.0 Å². The van der Waals surface area contributed by atoms with Gasteiger partial charge in [0.2, 0.25) is 0 Å². The van der Waals surface area contributed by atoms with Gasteiger partial charge in [0, 0.05) is 11.8 Å². The average molecular weight is 391 g/mol. The first-order valence-corrected chi connectivity index (χ1v) is 11.6. The Bertz CT molecular complexity index is 868. The number of ketones is 2. The lowest BCUT2D eigenvalue weighted by Gasteiger charge is -2.58. The number of Topliss-reactive ketones (excluding diaryl/α,β-unsaturated/α-hetero) is 1. The molecule has 4 aliphatic rings. The summed E-state index contributed by atoms with van der Waals surface area (Å²) in [5, 5.41) is 0. The number of benzene rings is 1. The fourth-order valence-corrected chi connectivity index (χ4v) is 8.28. The van der Waals surface area contributed by atoms with Crippen molar-refractivity contribution >= 4 is 11.6 Å². The van der Waals surface area contributed by atoms with E-state index in [4.69, 9.17) is 0 Å². The maximum absolute atomic E-state index is 13.0. The summed E-state index contributed by atoms with van der Waals surface area (Å²) in [6, 6.07) is 10.4. The molecule has 0 heterocycles. The molecule has 154 valence electrons. The van der Waals surface area contributed by atoms with Gasteiger partial charge < -0.3 is 0 Å². The second-order valence-electron chi connectivity index (χ2n) is 10.9. The standard InChI is InChI=1S/C27H34O2/c1-17(28)22-11-12-23-20-10-9-19-15-25(29)21(18-7-5-4-6-8-18)16-27(19,3)24(20)13-14-26(22,23)2/h4-8,15,20-24H,9-14,16H2,1-3H3/t20-,21?,22+,23-,24-,26+,27-/m0/s1. The van der Waals surface area contributed by atoms with Crippen LogP contribution in [-0.4, -0.2) is 11.6 Å². The van der Waals surface area contributed by atoms with Crippen LogP contribution in [-0.2, 0) is 9.59 Å². The van der Waals surface area contributed by atoms with E-state index in [0.717, 1.165) is 19.3 Å². The van der Waals surface area contributed by atoms with E-state index in [1.165, 1.54) is 36.8 Å². The fourth-order valence-electron chi connectivity index (χ4n) is 8.28. The van der Waals surface area contributed by atoms with Crippen molar-refractivity contribution in [3.8, 4) is 0 Å². The molecule has 0 aliphatic heterocycles. The molecule has 0 radical (unpaired) electrons. The monoisotopic (exact) mass is 390 g/mol. The summed E-state index contributed by atoms with van der Waals surface area (Å²) in [6.45, 7) is 6.68. The molecule has 0 saturated heterocycles. The van der Waals surface area contributed by atoms with E-state index in [1.807, 2.05) is 19.1 Å². The van der Waals surface area contributed by atoms with Crippen LogP contribution in [0.5, 0.6) is 0 Å². The first kappa shape index (κ1) is 19.3. The Morgan fingerprint density at radius 3 is 2.48 bits per heavy atom. The maximum atomic E-state index is 13.0. The molecule has 3 saturated carbocycles. The van der Waals surface area contributed by atoms with E-state index in [2.05, 4.69) is 38.1 Å². The van der Waals surface area contributed by atoms with Crippen LogP contribution in [0.2, 0.25) is 0 Å². The molecule has 3 fully saturated rings. The molecule has 1 unspecified atom stereocenters. The van der Waals surface area contributed by atoms with Gasteiger partial charge in [0.25, 0.3) is 0 Å². The quantitative estimate of drug-likeness (QED) is 0.610. The number of rotatable bonds is 2. The summed E-state index contributed by atoms with van der Waals surface area (Å²) in [6.07, 6.45) is 9.96. The fraction of sp³-hybridized carbons (Fsp3) is 0.630. The molecule has 4 aliphatic carbocycles. The van der Waals surface area contributed by atoms with Crippen LogP contribution in [0.3, 0.4) is 0 Å². The van der Waals surface area contributed by atoms with Gasteiger partial charge in [-0.1, -0.05) is 49.8 Å². The van der Waals surface area contributed by atoms with Crippen LogP contribution in [0.4, 0.5) is 0 Å². The van der Waals surface area contributed by atoms with E-state index < -0.39 is 0 Å². The third kappa shape index (κ3) is 2.74. The maximum Gasteiger partial charge on any atom is 0.163 e. The van der Waals surface area contributed by atoms with Crippen LogP contribution < -0.4 is 0 Å². The Morgan fingerprint density at radius 1 is 1.00 bits per heavy atom. The largest absolute Gasteiger partial charge is 0.300 e. The van der Waals surface area contributed by atoms with Crippen molar-refractivity contribution in [3.05, 3.63) is 47.5 Å². The zero-order chi connectivity index (χ0) is 20.4. The van der Waals surface area contributed by atoms with Crippen molar-refractivity contribution < 1.29 is 9.59 Å². The summed E-state index contributed by atoms with van der Waals surface area (Å²) >= 11 is 0. The predicted molar refractivity (Wildman–Crippen MR) is 115 cm³/mol. The molecular weight excluding hydrogens is 356 g/mol. The number of hydrogen-bond acceptors (Lipinski definition) is 2. The molecule has 0 N–H and O–H groups in total. The zero-order valence-corrected chi connectivity index (χ0v) is 18.1. The third-order valence-corrected chi connectivity index (χ3v) is 9.72. The topological polar surface area (TPSA) is 34.1 Å². The molecule has 0 aromatic heterocycles. The first-order chi connectivity index (χ1) is 13.8. The summed E-state index contributed by atoms with van der Waals surface area (Å²) in [7, 11) is 0. The number of fused-ring (bicyclic) bond motifs is 5. The van der Waals surface area contributed by atoms with Gasteiger partial charge in [-0.3, -0.25) is 9.59 Å². The molecule has 1 aromatic rings. The van der Waals surface area contributed by atoms with E-state index >= 15 is 0 Å². The first-order valence-electron chi connectivity index (χ1n) is 11.6. The molecule has 0 amide bonds. The van der Waals surface area contributed by atoms with Crippen molar-refractivity contribution in [1.82, 2.24) is 0 Å². The second kappa shape index (κ2) is 6.65. The third-order valence-electron chi connectivity index (χ3n) is 9.72. The molecule has 2 nitrogen and oxygen atoms in total. The molecule has 0 bridgehead atoms. The minimum absolute atomic E-state index is 0.00514. The van der Waals surface area contributed by atoms with Gasteiger partial charge in [0.05, 0.1) is 0 Å². The summed E-state index contributed by atoms with van der Waals surface area (Å²) in [4.78, 5) is 25.3. The Balaban J connectivity index is 1.48. The van der Waals surface area contributed by atoms with Crippen LogP contribution in [0.1, 0.15) is 77.2 Å². The minimum atomic E-state index is 0.00514. The van der Waals surface area contributed by atoms with Crippen molar-refractivity contribution in [2.45, 2.75) is 71.6 Å². The van der Waals surface area contributed by atoms with Crippen LogP contribution in [0, 0.1) is 34.5 Å². The van der Waals surface area contributed by atoms with Gasteiger partial charge >= 0.3 is 0 Å². The highest BCUT2D eigenvalue weighted by Crippen LogP contribution is 2.67. The summed E-state index contributed by atoms with van der Waals surface area (Å²) < 4.78 is 0.